The predicted molar refractivity (Wildman–Crippen MR) is 95.7 cm³/mol. The third-order valence-electron chi connectivity index (χ3n) is 2.92. The minimum Gasteiger partial charge on any atom is -0.370 e. The van der Waals surface area contributed by atoms with Crippen molar-refractivity contribution in [1.29, 1.82) is 0 Å². The van der Waals surface area contributed by atoms with Crippen molar-refractivity contribution < 1.29 is 0 Å². The molecule has 0 amide bonds. The lowest BCUT2D eigenvalue weighted by Crippen LogP contribution is -2.21. The first-order valence-corrected chi connectivity index (χ1v) is 7.27. The molecule has 6 heteroatoms. The number of aromatic nitrogens is 1. The topological polar surface area (TPSA) is 77.3 Å². The van der Waals surface area contributed by atoms with Crippen LogP contribution in [0.25, 0.3) is 21.7 Å². The number of guanidine groups is 1. The summed E-state index contributed by atoms with van der Waals surface area (Å²) in [5.41, 5.74) is 14.0. The van der Waals surface area contributed by atoms with Crippen molar-refractivity contribution in [3.8, 4) is 21.7 Å². The van der Waals surface area contributed by atoms with E-state index in [0.29, 0.717) is 5.13 Å². The maximum absolute atomic E-state index is 5.46. The summed E-state index contributed by atoms with van der Waals surface area (Å²) in [7, 11) is 0. The van der Waals surface area contributed by atoms with Crippen molar-refractivity contribution >= 4 is 34.8 Å². The van der Waals surface area contributed by atoms with Crippen LogP contribution < -0.4 is 11.5 Å². The molecule has 3 rings (SSSR count). The molecular weight excluding hydrogens is 316 g/mol. The molecule has 0 spiro atoms. The summed E-state index contributed by atoms with van der Waals surface area (Å²) in [6, 6.07) is 20.1. The highest BCUT2D eigenvalue weighted by Crippen LogP contribution is 2.39. The van der Waals surface area contributed by atoms with Gasteiger partial charge in [-0.1, -0.05) is 72.0 Å². The number of rotatable bonds is 3. The van der Waals surface area contributed by atoms with Crippen LogP contribution >= 0.6 is 23.7 Å². The summed E-state index contributed by atoms with van der Waals surface area (Å²) in [4.78, 5) is 9.70. The van der Waals surface area contributed by atoms with Gasteiger partial charge in [-0.2, -0.15) is 4.99 Å². The van der Waals surface area contributed by atoms with Gasteiger partial charge in [0.05, 0.1) is 10.6 Å². The second-order valence-corrected chi connectivity index (χ2v) is 5.42. The third-order valence-corrected chi connectivity index (χ3v) is 3.92. The number of halogens is 1. The molecule has 3 aromatic rings. The van der Waals surface area contributed by atoms with Crippen LogP contribution in [0.3, 0.4) is 0 Å². The van der Waals surface area contributed by atoms with E-state index in [-0.39, 0.29) is 18.4 Å². The van der Waals surface area contributed by atoms with Gasteiger partial charge in [0, 0.05) is 5.56 Å². The largest absolute Gasteiger partial charge is 0.370 e. The molecule has 0 unspecified atom stereocenters. The van der Waals surface area contributed by atoms with Gasteiger partial charge in [0.25, 0.3) is 0 Å². The van der Waals surface area contributed by atoms with Crippen LogP contribution in [0.1, 0.15) is 0 Å². The van der Waals surface area contributed by atoms with Crippen LogP contribution in [0.5, 0.6) is 0 Å². The van der Waals surface area contributed by atoms with E-state index in [1.807, 2.05) is 48.5 Å². The Morgan fingerprint density at radius 2 is 1.41 bits per heavy atom. The summed E-state index contributed by atoms with van der Waals surface area (Å²) < 4.78 is 0. The van der Waals surface area contributed by atoms with Crippen molar-refractivity contribution in [2.45, 2.75) is 0 Å². The number of aliphatic imine (C=N–C) groups is 1. The lowest BCUT2D eigenvalue weighted by atomic mass is 10.1. The van der Waals surface area contributed by atoms with Gasteiger partial charge in [-0.3, -0.25) is 0 Å². The van der Waals surface area contributed by atoms with Gasteiger partial charge in [-0.25, -0.2) is 4.98 Å². The molecule has 1 aromatic heterocycles. The maximum Gasteiger partial charge on any atom is 0.213 e. The Morgan fingerprint density at radius 1 is 0.864 bits per heavy atom. The first-order valence-electron chi connectivity index (χ1n) is 6.45. The number of hydrogen-bond donors (Lipinski definition) is 2. The van der Waals surface area contributed by atoms with Crippen molar-refractivity contribution in [1.82, 2.24) is 4.98 Å². The lowest BCUT2D eigenvalue weighted by molar-refractivity contribution is 1.33. The minimum absolute atomic E-state index is 0. The summed E-state index contributed by atoms with van der Waals surface area (Å²) >= 11 is 1.48. The molecule has 0 aliphatic rings. The Bertz CT molecular complexity index is 708. The zero-order valence-electron chi connectivity index (χ0n) is 11.6. The van der Waals surface area contributed by atoms with Crippen LogP contribution in [0.4, 0.5) is 5.13 Å². The fourth-order valence-corrected chi connectivity index (χ4v) is 3.03. The number of hydrogen-bond acceptors (Lipinski definition) is 3. The van der Waals surface area contributed by atoms with Crippen LogP contribution in [-0.4, -0.2) is 10.9 Å². The summed E-state index contributed by atoms with van der Waals surface area (Å²) in [6.07, 6.45) is 0. The second-order valence-electron chi connectivity index (χ2n) is 4.44. The van der Waals surface area contributed by atoms with Gasteiger partial charge in [0.1, 0.15) is 0 Å². The average Bonchev–Trinajstić information content (AvgIpc) is 2.92. The molecule has 0 fully saturated rings. The summed E-state index contributed by atoms with van der Waals surface area (Å²) in [5.74, 6) is 0.0166. The SMILES string of the molecule is Cl.NC(N)=Nc1nc(-c2ccccc2)c(-c2ccccc2)s1. The highest BCUT2D eigenvalue weighted by atomic mass is 35.5. The molecule has 112 valence electrons. The maximum atomic E-state index is 5.46. The van der Waals surface area contributed by atoms with Crippen molar-refractivity contribution in [2.75, 3.05) is 0 Å². The summed E-state index contributed by atoms with van der Waals surface area (Å²) in [5, 5.41) is 0.563. The van der Waals surface area contributed by atoms with Crippen LogP contribution in [0.15, 0.2) is 65.7 Å². The zero-order chi connectivity index (χ0) is 14.7. The van der Waals surface area contributed by atoms with E-state index in [4.69, 9.17) is 11.5 Å². The molecule has 0 saturated heterocycles. The molecule has 0 aliphatic heterocycles. The van der Waals surface area contributed by atoms with Gasteiger partial charge >= 0.3 is 0 Å². The molecule has 1 heterocycles. The van der Waals surface area contributed by atoms with Gasteiger partial charge in [0.15, 0.2) is 5.96 Å². The number of nitrogens with two attached hydrogens (primary N) is 2. The number of nitrogens with zero attached hydrogens (tertiary/aromatic N) is 2. The van der Waals surface area contributed by atoms with E-state index in [1.165, 1.54) is 11.3 Å². The Hall–Kier alpha value is -2.37. The highest BCUT2D eigenvalue weighted by Gasteiger charge is 2.14. The smallest absolute Gasteiger partial charge is 0.213 e. The molecule has 0 radical (unpaired) electrons. The fourth-order valence-electron chi connectivity index (χ4n) is 2.04. The van der Waals surface area contributed by atoms with Crippen molar-refractivity contribution in [2.24, 2.45) is 16.5 Å². The monoisotopic (exact) mass is 330 g/mol. The molecule has 0 saturated carbocycles. The van der Waals surface area contributed by atoms with E-state index in [0.717, 1.165) is 21.7 Å². The fraction of sp³-hybridized carbons (Fsp3) is 0. The molecule has 2 aromatic carbocycles. The van der Waals surface area contributed by atoms with Gasteiger partial charge in [-0.15, -0.1) is 12.4 Å². The van der Waals surface area contributed by atoms with E-state index in [9.17, 15) is 0 Å². The second kappa shape index (κ2) is 7.06. The first-order chi connectivity index (χ1) is 10.2. The van der Waals surface area contributed by atoms with Gasteiger partial charge in [-0.05, 0) is 5.56 Å². The predicted octanol–water partition coefficient (Wildman–Crippen LogP) is 3.80. The van der Waals surface area contributed by atoms with Crippen molar-refractivity contribution in [3.05, 3.63) is 60.7 Å². The van der Waals surface area contributed by atoms with Crippen LogP contribution in [-0.2, 0) is 0 Å². The average molecular weight is 331 g/mol. The van der Waals surface area contributed by atoms with E-state index in [2.05, 4.69) is 22.1 Å². The third kappa shape index (κ3) is 3.44. The quantitative estimate of drug-likeness (QED) is 0.566. The van der Waals surface area contributed by atoms with Crippen molar-refractivity contribution in [3.63, 3.8) is 0 Å². The number of benzene rings is 2. The Morgan fingerprint density at radius 3 is 1.95 bits per heavy atom. The number of thiazole rings is 1. The molecular formula is C16H15ClN4S. The first kappa shape index (κ1) is 16.0. The molecule has 0 bridgehead atoms. The zero-order valence-corrected chi connectivity index (χ0v) is 13.3. The molecule has 22 heavy (non-hydrogen) atoms. The standard InChI is InChI=1S/C16H14N4S.ClH/c17-15(18)20-16-19-13(11-7-3-1-4-8-11)14(21-16)12-9-5-2-6-10-12;/h1-10H,(H4,17,18,19,20);1H. The molecule has 4 nitrogen and oxygen atoms in total. The van der Waals surface area contributed by atoms with Crippen LogP contribution in [0.2, 0.25) is 0 Å². The lowest BCUT2D eigenvalue weighted by Gasteiger charge is -2.02. The summed E-state index contributed by atoms with van der Waals surface area (Å²) in [6.45, 7) is 0. The molecule has 0 atom stereocenters. The van der Waals surface area contributed by atoms with E-state index >= 15 is 0 Å². The van der Waals surface area contributed by atoms with Gasteiger partial charge < -0.3 is 11.5 Å². The Balaban J connectivity index is 0.00000176. The van der Waals surface area contributed by atoms with E-state index < -0.39 is 0 Å². The molecule has 0 aliphatic carbocycles. The Kier molecular flexibility index (Phi) is 5.14. The van der Waals surface area contributed by atoms with Gasteiger partial charge in [0.2, 0.25) is 5.13 Å². The normalized spacial score (nSPS) is 9.82. The minimum atomic E-state index is 0. The molecule has 4 N–H and O–H groups in total. The van der Waals surface area contributed by atoms with E-state index in [1.54, 1.807) is 0 Å². The van der Waals surface area contributed by atoms with Crippen LogP contribution in [0, 0.1) is 0 Å². The Labute approximate surface area is 138 Å². The highest BCUT2D eigenvalue weighted by molar-refractivity contribution is 7.19.